The van der Waals surface area contributed by atoms with Crippen molar-refractivity contribution in [2.75, 3.05) is 12.4 Å². The number of hydrogen-bond donors (Lipinski definition) is 1. The maximum atomic E-state index is 13.7. The minimum absolute atomic E-state index is 0.215. The van der Waals surface area contributed by atoms with Crippen LogP contribution in [-0.4, -0.2) is 24.0 Å². The summed E-state index contributed by atoms with van der Waals surface area (Å²) in [4.78, 5) is 32.5. The van der Waals surface area contributed by atoms with Crippen LogP contribution in [0.5, 0.6) is 0 Å². The van der Waals surface area contributed by atoms with E-state index in [0.29, 0.717) is 39.0 Å². The lowest BCUT2D eigenvalue weighted by molar-refractivity contribution is 0.0600. The largest absolute Gasteiger partial charge is 0.465 e. The number of nitrogens with one attached hydrogen (secondary N) is 1. The average molecular weight is 517 g/mol. The van der Waals surface area contributed by atoms with Crippen molar-refractivity contribution < 1.29 is 18.7 Å². The number of fused-ring (bicyclic) bond motifs is 2. The first-order chi connectivity index (χ1) is 17.7. The van der Waals surface area contributed by atoms with Gasteiger partial charge in [-0.05, 0) is 67.3 Å². The maximum Gasteiger partial charge on any atom is 0.341 e. The van der Waals surface area contributed by atoms with Crippen LogP contribution in [0.3, 0.4) is 0 Å². The highest BCUT2D eigenvalue weighted by atomic mass is 32.1. The van der Waals surface area contributed by atoms with Crippen molar-refractivity contribution in [3.8, 4) is 11.5 Å². The van der Waals surface area contributed by atoms with Gasteiger partial charge in [-0.2, -0.15) is 0 Å². The van der Waals surface area contributed by atoms with Gasteiger partial charge in [0, 0.05) is 10.3 Å². The maximum absolute atomic E-state index is 13.7. The molecule has 0 radical (unpaired) electrons. The summed E-state index contributed by atoms with van der Waals surface area (Å²) in [6, 6.07) is 13.0. The Labute approximate surface area is 221 Å². The second-order valence-electron chi connectivity index (χ2n) is 10.4. The SMILES string of the molecule is CCC(C)(C)[C@H]1CCc2c(sc(NC(=O)c3cc(-c4ccc(C)o4)nc4ccccc34)c2C(=O)OC)C1. The number of ether oxygens (including phenoxy) is 1. The van der Waals surface area contributed by atoms with Crippen LogP contribution < -0.4 is 5.32 Å². The third-order valence-corrected chi connectivity index (χ3v) is 9.02. The highest BCUT2D eigenvalue weighted by Crippen LogP contribution is 2.46. The first-order valence-electron chi connectivity index (χ1n) is 12.7. The Hall–Kier alpha value is -3.45. The van der Waals surface area contributed by atoms with Crippen molar-refractivity contribution in [1.82, 2.24) is 4.98 Å². The third kappa shape index (κ3) is 4.68. The van der Waals surface area contributed by atoms with Gasteiger partial charge in [-0.1, -0.05) is 45.4 Å². The van der Waals surface area contributed by atoms with Gasteiger partial charge in [-0.25, -0.2) is 9.78 Å². The molecule has 0 saturated heterocycles. The number of aromatic nitrogens is 1. The number of esters is 1. The molecular weight excluding hydrogens is 484 g/mol. The van der Waals surface area contributed by atoms with Crippen LogP contribution in [-0.2, 0) is 17.6 Å². The number of rotatable bonds is 6. The molecule has 0 bridgehead atoms. The number of nitrogens with zero attached hydrogens (tertiary/aromatic N) is 1. The van der Waals surface area contributed by atoms with E-state index >= 15 is 0 Å². The Morgan fingerprint density at radius 2 is 2.00 bits per heavy atom. The van der Waals surface area contributed by atoms with Crippen molar-refractivity contribution in [2.24, 2.45) is 11.3 Å². The molecule has 7 heteroatoms. The van der Waals surface area contributed by atoms with E-state index in [1.54, 1.807) is 6.07 Å². The van der Waals surface area contributed by atoms with Gasteiger partial charge in [-0.3, -0.25) is 4.79 Å². The van der Waals surface area contributed by atoms with Crippen LogP contribution in [0.15, 0.2) is 46.9 Å². The third-order valence-electron chi connectivity index (χ3n) is 7.85. The number of pyridine rings is 1. The second kappa shape index (κ2) is 9.78. The van der Waals surface area contributed by atoms with E-state index < -0.39 is 5.97 Å². The average Bonchev–Trinajstić information content (AvgIpc) is 3.50. The molecule has 0 unspecified atom stereocenters. The van der Waals surface area contributed by atoms with Crippen LogP contribution in [0.2, 0.25) is 0 Å². The monoisotopic (exact) mass is 516 g/mol. The Balaban J connectivity index is 1.55. The highest BCUT2D eigenvalue weighted by Gasteiger charge is 2.35. The van der Waals surface area contributed by atoms with Gasteiger partial charge < -0.3 is 14.5 Å². The molecule has 3 heterocycles. The lowest BCUT2D eigenvalue weighted by atomic mass is 9.69. The molecule has 3 aromatic heterocycles. The predicted octanol–water partition coefficient (Wildman–Crippen LogP) is 7.44. The minimum atomic E-state index is -0.410. The number of thiophene rings is 1. The van der Waals surface area contributed by atoms with Gasteiger partial charge in [0.05, 0.1) is 23.8 Å². The number of methoxy groups -OCH3 is 1. The van der Waals surface area contributed by atoms with Gasteiger partial charge >= 0.3 is 5.97 Å². The molecule has 0 fully saturated rings. The molecule has 0 aliphatic heterocycles. The molecule has 192 valence electrons. The highest BCUT2D eigenvalue weighted by molar-refractivity contribution is 7.17. The van der Waals surface area contributed by atoms with E-state index in [2.05, 4.69) is 26.1 Å². The molecule has 1 aromatic carbocycles. The summed E-state index contributed by atoms with van der Waals surface area (Å²) in [5, 5.41) is 4.35. The van der Waals surface area contributed by atoms with Gasteiger partial charge in [-0.15, -0.1) is 11.3 Å². The zero-order chi connectivity index (χ0) is 26.3. The summed E-state index contributed by atoms with van der Waals surface area (Å²) in [6.07, 6.45) is 3.82. The molecule has 5 rings (SSSR count). The minimum Gasteiger partial charge on any atom is -0.465 e. The number of anilines is 1. The Morgan fingerprint density at radius 1 is 1.22 bits per heavy atom. The van der Waals surface area contributed by atoms with Crippen LogP contribution in [0.4, 0.5) is 5.00 Å². The molecule has 0 spiro atoms. The molecular formula is C30H32N2O4S. The molecule has 1 atom stereocenters. The van der Waals surface area contributed by atoms with Crippen molar-refractivity contribution >= 4 is 39.1 Å². The summed E-state index contributed by atoms with van der Waals surface area (Å²) in [7, 11) is 1.39. The normalized spacial score (nSPS) is 15.4. The summed E-state index contributed by atoms with van der Waals surface area (Å²) in [6.45, 7) is 8.73. The molecule has 1 aliphatic carbocycles. The van der Waals surface area contributed by atoms with Crippen LogP contribution in [0.25, 0.3) is 22.4 Å². The summed E-state index contributed by atoms with van der Waals surface area (Å²) in [5.41, 5.74) is 3.47. The number of hydrogen-bond acceptors (Lipinski definition) is 6. The lowest BCUT2D eigenvalue weighted by Crippen LogP contribution is -2.28. The van der Waals surface area contributed by atoms with E-state index in [-0.39, 0.29) is 11.3 Å². The fraction of sp³-hybridized carbons (Fsp3) is 0.367. The van der Waals surface area contributed by atoms with Crippen molar-refractivity contribution in [2.45, 2.75) is 53.4 Å². The quantitative estimate of drug-likeness (QED) is 0.269. The molecule has 1 amide bonds. The molecule has 37 heavy (non-hydrogen) atoms. The van der Waals surface area contributed by atoms with Crippen molar-refractivity contribution in [1.29, 1.82) is 0 Å². The van der Waals surface area contributed by atoms with E-state index in [4.69, 9.17) is 14.1 Å². The number of amides is 1. The number of benzene rings is 1. The van der Waals surface area contributed by atoms with Crippen LogP contribution in [0.1, 0.15) is 70.5 Å². The molecule has 1 N–H and O–H groups in total. The zero-order valence-electron chi connectivity index (χ0n) is 21.9. The summed E-state index contributed by atoms with van der Waals surface area (Å²) in [5.74, 6) is 1.20. The lowest BCUT2D eigenvalue weighted by Gasteiger charge is -2.36. The van der Waals surface area contributed by atoms with Crippen molar-refractivity contribution in [3.63, 3.8) is 0 Å². The molecule has 6 nitrogen and oxygen atoms in total. The molecule has 4 aromatic rings. The van der Waals surface area contributed by atoms with E-state index in [0.717, 1.165) is 42.4 Å². The summed E-state index contributed by atoms with van der Waals surface area (Å²) >= 11 is 1.50. The number of aryl methyl sites for hydroxylation is 1. The first-order valence-corrected chi connectivity index (χ1v) is 13.5. The topological polar surface area (TPSA) is 81.4 Å². The van der Waals surface area contributed by atoms with Crippen molar-refractivity contribution in [3.05, 3.63) is 69.8 Å². The Bertz CT molecular complexity index is 1500. The van der Waals surface area contributed by atoms with Gasteiger partial charge in [0.2, 0.25) is 0 Å². The zero-order valence-corrected chi connectivity index (χ0v) is 22.8. The smallest absolute Gasteiger partial charge is 0.341 e. The number of carbonyl (C=O) groups excluding carboxylic acids is 2. The van der Waals surface area contributed by atoms with E-state index in [1.807, 2.05) is 43.3 Å². The predicted molar refractivity (Wildman–Crippen MR) is 147 cm³/mol. The first kappa shape index (κ1) is 25.2. The van der Waals surface area contributed by atoms with Gasteiger partial charge in [0.1, 0.15) is 16.5 Å². The van der Waals surface area contributed by atoms with E-state index in [9.17, 15) is 9.59 Å². The number of furan rings is 1. The Morgan fingerprint density at radius 3 is 2.70 bits per heavy atom. The standard InChI is InChI=1S/C30H32N2O4S/c1-6-30(3,4)18-12-13-20-25(15-18)37-28(26(20)29(34)35-5)32-27(33)21-16-23(24-14-11-17(2)36-24)31-22-10-8-7-9-19(21)22/h7-11,14,16,18H,6,12-13,15H2,1-5H3,(H,32,33)/t18-/m0/s1. The second-order valence-corrected chi connectivity index (χ2v) is 11.5. The van der Waals surface area contributed by atoms with Gasteiger partial charge in [0.15, 0.2) is 5.76 Å². The van der Waals surface area contributed by atoms with Gasteiger partial charge in [0.25, 0.3) is 5.91 Å². The number of para-hydroxylation sites is 1. The number of carbonyl (C=O) groups is 2. The van der Waals surface area contributed by atoms with Crippen LogP contribution >= 0.6 is 11.3 Å². The fourth-order valence-electron chi connectivity index (χ4n) is 5.18. The molecule has 0 saturated carbocycles. The molecule has 1 aliphatic rings. The summed E-state index contributed by atoms with van der Waals surface area (Å²) < 4.78 is 10.9. The fourth-order valence-corrected chi connectivity index (χ4v) is 6.49. The Kier molecular flexibility index (Phi) is 6.67. The van der Waals surface area contributed by atoms with E-state index in [1.165, 1.54) is 23.3 Å². The van der Waals surface area contributed by atoms with Crippen LogP contribution in [0, 0.1) is 18.3 Å².